The Morgan fingerprint density at radius 1 is 1.31 bits per heavy atom. The first-order chi connectivity index (χ1) is 7.34. The molecule has 0 heterocycles. The maximum atomic E-state index is 10.5. The van der Waals surface area contributed by atoms with E-state index in [1.807, 2.05) is 32.6 Å². The number of aliphatic hydroxyl groups is 1. The zero-order valence-electron chi connectivity index (χ0n) is 10.9. The lowest BCUT2D eigenvalue weighted by molar-refractivity contribution is -0.137. The minimum absolute atomic E-state index is 0.127. The van der Waals surface area contributed by atoms with Crippen molar-refractivity contribution in [1.29, 1.82) is 0 Å². The fourth-order valence-electron chi connectivity index (χ4n) is 1.61. The number of rotatable bonds is 8. The van der Waals surface area contributed by atoms with Crippen LogP contribution in [0.4, 0.5) is 0 Å². The van der Waals surface area contributed by atoms with Crippen molar-refractivity contribution in [3.63, 3.8) is 0 Å². The van der Waals surface area contributed by atoms with E-state index in [0.29, 0.717) is 25.9 Å². The number of nitrogens with zero attached hydrogens (tertiary/aromatic N) is 1. The van der Waals surface area contributed by atoms with Crippen LogP contribution in [0.3, 0.4) is 0 Å². The van der Waals surface area contributed by atoms with E-state index in [9.17, 15) is 9.90 Å². The average Bonchev–Trinajstić information content (AvgIpc) is 2.23. The van der Waals surface area contributed by atoms with Crippen molar-refractivity contribution in [2.75, 3.05) is 13.1 Å². The highest BCUT2D eigenvalue weighted by Gasteiger charge is 2.26. The normalized spacial score (nSPS) is 12.4. The molecule has 0 saturated carbocycles. The van der Waals surface area contributed by atoms with Crippen LogP contribution in [-0.4, -0.2) is 45.8 Å². The fourth-order valence-corrected chi connectivity index (χ4v) is 1.61. The summed E-state index contributed by atoms with van der Waals surface area (Å²) in [6, 6.07) is 0.254. The minimum Gasteiger partial charge on any atom is -0.481 e. The molecule has 0 spiro atoms. The quantitative estimate of drug-likeness (QED) is 0.668. The second kappa shape index (κ2) is 6.86. The molecular formula is C12H25NO3. The predicted octanol–water partition coefficient (Wildman–Crippen LogP) is 1.72. The molecule has 0 fully saturated rings. The van der Waals surface area contributed by atoms with Gasteiger partial charge in [0.15, 0.2) is 0 Å². The molecule has 16 heavy (non-hydrogen) atoms. The molecule has 4 heteroatoms. The van der Waals surface area contributed by atoms with Gasteiger partial charge in [-0.15, -0.1) is 0 Å². The molecule has 0 atom stereocenters. The van der Waals surface area contributed by atoms with Crippen LogP contribution in [0.1, 0.15) is 47.0 Å². The van der Waals surface area contributed by atoms with Crippen LogP contribution in [0.15, 0.2) is 0 Å². The van der Waals surface area contributed by atoms with Crippen LogP contribution >= 0.6 is 0 Å². The number of carboxylic acids is 1. The molecule has 0 radical (unpaired) electrons. The summed E-state index contributed by atoms with van der Waals surface area (Å²) >= 11 is 0. The molecular weight excluding hydrogens is 206 g/mol. The largest absolute Gasteiger partial charge is 0.481 e. The fraction of sp³-hybridized carbons (Fsp3) is 0.917. The minimum atomic E-state index is -0.790. The molecule has 0 aromatic heterocycles. The first kappa shape index (κ1) is 15.4. The molecule has 0 amide bonds. The molecule has 0 aliphatic rings. The van der Waals surface area contributed by atoms with Gasteiger partial charge in [-0.2, -0.15) is 0 Å². The van der Waals surface area contributed by atoms with Gasteiger partial charge in [0.05, 0.1) is 12.0 Å². The van der Waals surface area contributed by atoms with Gasteiger partial charge in [-0.25, -0.2) is 0 Å². The second-order valence-corrected chi connectivity index (χ2v) is 4.64. The Hall–Kier alpha value is -0.610. The molecule has 0 aliphatic carbocycles. The van der Waals surface area contributed by atoms with Gasteiger partial charge in [0.1, 0.15) is 0 Å². The van der Waals surface area contributed by atoms with Crippen LogP contribution in [0, 0.1) is 0 Å². The van der Waals surface area contributed by atoms with Crippen molar-refractivity contribution in [1.82, 2.24) is 4.90 Å². The Kier molecular flexibility index (Phi) is 6.60. The number of carboxylic acid groups (broad SMARTS) is 1. The molecule has 4 nitrogen and oxygen atoms in total. The summed E-state index contributed by atoms with van der Waals surface area (Å²) in [4.78, 5) is 12.6. The van der Waals surface area contributed by atoms with Gasteiger partial charge in [0.2, 0.25) is 0 Å². The third-order valence-electron chi connectivity index (χ3n) is 3.16. The van der Waals surface area contributed by atoms with Crippen molar-refractivity contribution in [2.24, 2.45) is 0 Å². The third-order valence-corrected chi connectivity index (χ3v) is 3.16. The molecule has 0 aromatic carbocycles. The lowest BCUT2D eigenvalue weighted by Gasteiger charge is -2.35. The molecule has 0 bridgehead atoms. The summed E-state index contributed by atoms with van der Waals surface area (Å²) in [6.45, 7) is 9.00. The summed E-state index contributed by atoms with van der Waals surface area (Å²) in [5.74, 6) is -0.790. The number of carbonyl (C=O) groups is 1. The van der Waals surface area contributed by atoms with Gasteiger partial charge in [-0.1, -0.05) is 13.8 Å². The SMILES string of the molecule is CCC(O)(CC)CN(CCC(=O)O)C(C)C. The van der Waals surface area contributed by atoms with Crippen molar-refractivity contribution in [2.45, 2.75) is 58.6 Å². The van der Waals surface area contributed by atoms with Crippen LogP contribution in [0.5, 0.6) is 0 Å². The van der Waals surface area contributed by atoms with Gasteiger partial charge >= 0.3 is 5.97 Å². The topological polar surface area (TPSA) is 60.8 Å². The van der Waals surface area contributed by atoms with E-state index in [1.54, 1.807) is 0 Å². The first-order valence-electron chi connectivity index (χ1n) is 6.03. The summed E-state index contributed by atoms with van der Waals surface area (Å²) in [6.07, 6.45) is 1.52. The Morgan fingerprint density at radius 3 is 2.12 bits per heavy atom. The molecule has 0 saturated heterocycles. The zero-order valence-corrected chi connectivity index (χ0v) is 10.9. The standard InChI is InChI=1S/C12H25NO3/c1-5-12(16,6-2)9-13(10(3)4)8-7-11(14)15/h10,16H,5-9H2,1-4H3,(H,14,15). The maximum Gasteiger partial charge on any atom is 0.304 e. The highest BCUT2D eigenvalue weighted by atomic mass is 16.4. The van der Waals surface area contributed by atoms with Crippen LogP contribution < -0.4 is 0 Å². The van der Waals surface area contributed by atoms with Crippen molar-refractivity contribution in [3.05, 3.63) is 0 Å². The molecule has 0 aromatic rings. The summed E-state index contributed by atoms with van der Waals surface area (Å²) in [5.41, 5.74) is -0.692. The first-order valence-corrected chi connectivity index (χ1v) is 6.03. The Labute approximate surface area is 98.3 Å². The van der Waals surface area contributed by atoms with Crippen LogP contribution in [0.2, 0.25) is 0 Å². The molecule has 0 unspecified atom stereocenters. The van der Waals surface area contributed by atoms with Gasteiger partial charge in [-0.3, -0.25) is 9.69 Å². The lowest BCUT2D eigenvalue weighted by Crippen LogP contribution is -2.46. The molecule has 0 aliphatic heterocycles. The van der Waals surface area contributed by atoms with Crippen LogP contribution in [0.25, 0.3) is 0 Å². The summed E-state index contributed by atoms with van der Waals surface area (Å²) in [7, 11) is 0. The van der Waals surface area contributed by atoms with E-state index in [1.165, 1.54) is 0 Å². The van der Waals surface area contributed by atoms with Crippen LogP contribution in [-0.2, 0) is 4.79 Å². The predicted molar refractivity (Wildman–Crippen MR) is 64.5 cm³/mol. The average molecular weight is 231 g/mol. The zero-order chi connectivity index (χ0) is 12.8. The Bertz CT molecular complexity index is 212. The van der Waals surface area contributed by atoms with E-state index in [0.717, 1.165) is 0 Å². The second-order valence-electron chi connectivity index (χ2n) is 4.64. The smallest absolute Gasteiger partial charge is 0.304 e. The highest BCUT2D eigenvalue weighted by Crippen LogP contribution is 2.18. The van der Waals surface area contributed by atoms with Gasteiger partial charge in [0, 0.05) is 19.1 Å². The van der Waals surface area contributed by atoms with E-state index < -0.39 is 11.6 Å². The number of hydrogen-bond donors (Lipinski definition) is 2. The van der Waals surface area contributed by atoms with E-state index in [-0.39, 0.29) is 12.5 Å². The number of aliphatic carboxylic acids is 1. The Morgan fingerprint density at radius 2 is 1.81 bits per heavy atom. The van der Waals surface area contributed by atoms with Gasteiger partial charge < -0.3 is 10.2 Å². The van der Waals surface area contributed by atoms with Gasteiger partial charge in [0.25, 0.3) is 0 Å². The van der Waals surface area contributed by atoms with Crippen molar-refractivity contribution < 1.29 is 15.0 Å². The summed E-state index contributed by atoms with van der Waals surface area (Å²) < 4.78 is 0. The lowest BCUT2D eigenvalue weighted by atomic mass is 9.96. The van der Waals surface area contributed by atoms with Crippen molar-refractivity contribution >= 4 is 5.97 Å². The van der Waals surface area contributed by atoms with E-state index in [2.05, 4.69) is 0 Å². The third kappa shape index (κ3) is 5.47. The molecule has 2 N–H and O–H groups in total. The van der Waals surface area contributed by atoms with E-state index in [4.69, 9.17) is 5.11 Å². The monoisotopic (exact) mass is 231 g/mol. The molecule has 0 rings (SSSR count). The Balaban J connectivity index is 4.37. The highest BCUT2D eigenvalue weighted by molar-refractivity contribution is 5.66. The maximum absolute atomic E-state index is 10.5. The number of hydrogen-bond acceptors (Lipinski definition) is 3. The van der Waals surface area contributed by atoms with Crippen molar-refractivity contribution in [3.8, 4) is 0 Å². The van der Waals surface area contributed by atoms with E-state index >= 15 is 0 Å². The molecule has 96 valence electrons. The van der Waals surface area contributed by atoms with Gasteiger partial charge in [-0.05, 0) is 26.7 Å². The summed E-state index contributed by atoms with van der Waals surface area (Å²) in [5, 5.41) is 18.9.